The van der Waals surface area contributed by atoms with E-state index in [0.29, 0.717) is 6.54 Å². The number of aliphatic hydroxyl groups is 1. The van der Waals surface area contributed by atoms with E-state index in [2.05, 4.69) is 22.4 Å². The Balaban J connectivity index is 2.26. The molecule has 0 bridgehead atoms. The predicted molar refractivity (Wildman–Crippen MR) is 67.6 cm³/mol. The van der Waals surface area contributed by atoms with Gasteiger partial charge in [-0.2, -0.15) is 0 Å². The Morgan fingerprint density at radius 1 is 1.00 bits per heavy atom. The predicted octanol–water partition coefficient (Wildman–Crippen LogP) is 1.75. The van der Waals surface area contributed by atoms with Crippen LogP contribution in [0.15, 0.2) is 54.9 Å². The number of benzene rings is 1. The molecule has 0 aliphatic heterocycles. The third-order valence-electron chi connectivity index (χ3n) is 2.63. The molecule has 0 saturated carbocycles. The highest BCUT2D eigenvalue weighted by Crippen LogP contribution is 2.20. The fraction of sp³-hybridized carbons (Fsp3) is 0.214. The summed E-state index contributed by atoms with van der Waals surface area (Å²) in [4.78, 5) is 4.02. The van der Waals surface area contributed by atoms with Crippen molar-refractivity contribution in [3.63, 3.8) is 0 Å². The van der Waals surface area contributed by atoms with Crippen LogP contribution in [0.2, 0.25) is 0 Å². The first kappa shape index (κ1) is 11.8. The van der Waals surface area contributed by atoms with Crippen LogP contribution < -0.4 is 5.32 Å². The van der Waals surface area contributed by atoms with Gasteiger partial charge in [0.2, 0.25) is 0 Å². The third kappa shape index (κ3) is 3.12. The standard InChI is InChI=1S/C14H16N2O/c17-11-10-16-14(12-4-2-1-3-5-12)13-6-8-15-9-7-13/h1-9,14,16-17H,10-11H2. The Labute approximate surface area is 101 Å². The zero-order valence-electron chi connectivity index (χ0n) is 9.58. The maximum Gasteiger partial charge on any atom is 0.0578 e. The number of hydrogen-bond acceptors (Lipinski definition) is 3. The minimum Gasteiger partial charge on any atom is -0.395 e. The van der Waals surface area contributed by atoms with E-state index in [9.17, 15) is 0 Å². The molecule has 0 spiro atoms. The minimum absolute atomic E-state index is 0.103. The van der Waals surface area contributed by atoms with Crippen molar-refractivity contribution in [2.24, 2.45) is 0 Å². The van der Waals surface area contributed by atoms with Crippen molar-refractivity contribution < 1.29 is 5.11 Å². The zero-order chi connectivity index (χ0) is 11.9. The van der Waals surface area contributed by atoms with Crippen molar-refractivity contribution in [1.29, 1.82) is 0 Å². The molecule has 88 valence electrons. The van der Waals surface area contributed by atoms with E-state index >= 15 is 0 Å². The molecule has 0 amide bonds. The first-order valence-corrected chi connectivity index (χ1v) is 5.71. The Kier molecular flexibility index (Phi) is 4.24. The molecule has 1 aromatic carbocycles. The molecule has 0 fully saturated rings. The lowest BCUT2D eigenvalue weighted by atomic mass is 10.00. The van der Waals surface area contributed by atoms with Gasteiger partial charge < -0.3 is 10.4 Å². The van der Waals surface area contributed by atoms with Gasteiger partial charge in [-0.25, -0.2) is 0 Å². The summed E-state index contributed by atoms with van der Waals surface area (Å²) >= 11 is 0. The van der Waals surface area contributed by atoms with Crippen LogP contribution in [0.1, 0.15) is 17.2 Å². The second-order valence-corrected chi connectivity index (χ2v) is 3.80. The van der Waals surface area contributed by atoms with Crippen molar-refractivity contribution in [3.8, 4) is 0 Å². The van der Waals surface area contributed by atoms with Gasteiger partial charge in [0.05, 0.1) is 12.6 Å². The van der Waals surface area contributed by atoms with Crippen LogP contribution in [0.4, 0.5) is 0 Å². The van der Waals surface area contributed by atoms with Crippen LogP contribution >= 0.6 is 0 Å². The number of aromatic nitrogens is 1. The molecule has 1 atom stereocenters. The van der Waals surface area contributed by atoms with Crippen LogP contribution in [0.3, 0.4) is 0 Å². The van der Waals surface area contributed by atoms with E-state index in [4.69, 9.17) is 5.11 Å². The highest BCUT2D eigenvalue weighted by atomic mass is 16.3. The second kappa shape index (κ2) is 6.13. The summed E-state index contributed by atoms with van der Waals surface area (Å²) in [5, 5.41) is 12.3. The van der Waals surface area contributed by atoms with Crippen LogP contribution in [-0.2, 0) is 0 Å². The Bertz CT molecular complexity index is 391. The Hall–Kier alpha value is -1.71. The molecule has 0 aliphatic carbocycles. The van der Waals surface area contributed by atoms with E-state index < -0.39 is 0 Å². The van der Waals surface area contributed by atoms with Crippen molar-refractivity contribution >= 4 is 0 Å². The van der Waals surface area contributed by atoms with E-state index in [1.165, 1.54) is 5.56 Å². The van der Waals surface area contributed by atoms with Crippen molar-refractivity contribution in [2.45, 2.75) is 6.04 Å². The van der Waals surface area contributed by atoms with Crippen LogP contribution in [0, 0.1) is 0 Å². The molecule has 2 N–H and O–H groups in total. The normalized spacial score (nSPS) is 12.3. The highest BCUT2D eigenvalue weighted by molar-refractivity contribution is 5.30. The van der Waals surface area contributed by atoms with E-state index in [0.717, 1.165) is 5.56 Å². The molecule has 3 nitrogen and oxygen atoms in total. The van der Waals surface area contributed by atoms with E-state index in [1.807, 2.05) is 30.3 Å². The van der Waals surface area contributed by atoms with E-state index in [1.54, 1.807) is 12.4 Å². The largest absolute Gasteiger partial charge is 0.395 e. The summed E-state index contributed by atoms with van der Waals surface area (Å²) in [6.45, 7) is 0.705. The number of nitrogens with one attached hydrogen (secondary N) is 1. The quantitative estimate of drug-likeness (QED) is 0.819. The average molecular weight is 228 g/mol. The maximum atomic E-state index is 8.93. The summed E-state index contributed by atoms with van der Waals surface area (Å²) in [6, 6.07) is 14.3. The van der Waals surface area contributed by atoms with Crippen LogP contribution in [0.5, 0.6) is 0 Å². The van der Waals surface area contributed by atoms with Gasteiger partial charge in [0, 0.05) is 18.9 Å². The molecule has 0 saturated heterocycles. The molecule has 3 heteroatoms. The number of pyridine rings is 1. The van der Waals surface area contributed by atoms with Crippen LogP contribution in [0.25, 0.3) is 0 Å². The molecule has 0 aliphatic rings. The van der Waals surface area contributed by atoms with Crippen LogP contribution in [-0.4, -0.2) is 23.2 Å². The highest BCUT2D eigenvalue weighted by Gasteiger charge is 2.12. The van der Waals surface area contributed by atoms with Gasteiger partial charge in [-0.15, -0.1) is 0 Å². The van der Waals surface area contributed by atoms with E-state index in [-0.39, 0.29) is 12.6 Å². The fourth-order valence-electron chi connectivity index (χ4n) is 1.84. The Morgan fingerprint density at radius 3 is 2.29 bits per heavy atom. The maximum absolute atomic E-state index is 8.93. The van der Waals surface area contributed by atoms with Gasteiger partial charge in [-0.3, -0.25) is 4.98 Å². The molecular weight excluding hydrogens is 212 g/mol. The monoisotopic (exact) mass is 228 g/mol. The first-order chi connectivity index (χ1) is 8.42. The average Bonchev–Trinajstić information content (AvgIpc) is 2.42. The molecule has 17 heavy (non-hydrogen) atoms. The first-order valence-electron chi connectivity index (χ1n) is 5.71. The summed E-state index contributed by atoms with van der Waals surface area (Å²) in [5.41, 5.74) is 2.34. The minimum atomic E-state index is 0.103. The molecule has 2 rings (SSSR count). The van der Waals surface area contributed by atoms with Gasteiger partial charge in [0.1, 0.15) is 0 Å². The van der Waals surface area contributed by atoms with Crippen molar-refractivity contribution in [3.05, 3.63) is 66.0 Å². The SMILES string of the molecule is OCCNC(c1ccccc1)c1ccncc1. The molecule has 0 radical (unpaired) electrons. The molecule has 1 aromatic heterocycles. The fourth-order valence-corrected chi connectivity index (χ4v) is 1.84. The molecule has 2 aromatic rings. The van der Waals surface area contributed by atoms with Crippen molar-refractivity contribution in [1.82, 2.24) is 10.3 Å². The van der Waals surface area contributed by atoms with Gasteiger partial charge in [0.15, 0.2) is 0 Å². The summed E-state index contributed by atoms with van der Waals surface area (Å²) in [7, 11) is 0. The summed E-state index contributed by atoms with van der Waals surface area (Å²) < 4.78 is 0. The molecular formula is C14H16N2O. The van der Waals surface area contributed by atoms with Gasteiger partial charge in [-0.05, 0) is 23.3 Å². The summed E-state index contributed by atoms with van der Waals surface area (Å²) in [5.74, 6) is 0. The lowest BCUT2D eigenvalue weighted by molar-refractivity contribution is 0.288. The number of aliphatic hydroxyl groups excluding tert-OH is 1. The smallest absolute Gasteiger partial charge is 0.0578 e. The number of nitrogens with zero attached hydrogens (tertiary/aromatic N) is 1. The molecule has 1 unspecified atom stereocenters. The zero-order valence-corrected chi connectivity index (χ0v) is 9.58. The second-order valence-electron chi connectivity index (χ2n) is 3.80. The topological polar surface area (TPSA) is 45.1 Å². The summed E-state index contributed by atoms with van der Waals surface area (Å²) in [6.07, 6.45) is 3.57. The Morgan fingerprint density at radius 2 is 1.65 bits per heavy atom. The number of rotatable bonds is 5. The lowest BCUT2D eigenvalue weighted by Crippen LogP contribution is -2.25. The van der Waals surface area contributed by atoms with Crippen molar-refractivity contribution in [2.75, 3.05) is 13.2 Å². The van der Waals surface area contributed by atoms with Gasteiger partial charge >= 0.3 is 0 Å². The van der Waals surface area contributed by atoms with Gasteiger partial charge in [0.25, 0.3) is 0 Å². The van der Waals surface area contributed by atoms with Gasteiger partial charge in [-0.1, -0.05) is 30.3 Å². The molecule has 1 heterocycles. The third-order valence-corrected chi connectivity index (χ3v) is 2.63. The lowest BCUT2D eigenvalue weighted by Gasteiger charge is -2.19. The number of hydrogen-bond donors (Lipinski definition) is 2.